The Hall–Kier alpha value is -3.19. The Bertz CT molecular complexity index is 858. The molecule has 0 fully saturated rings. The van der Waals surface area contributed by atoms with Gasteiger partial charge in [-0.1, -0.05) is 38.1 Å². The van der Waals surface area contributed by atoms with Crippen LogP contribution in [-0.4, -0.2) is 18.4 Å². The molecule has 4 nitrogen and oxygen atoms in total. The minimum Gasteiger partial charge on any atom is -0.454 e. The summed E-state index contributed by atoms with van der Waals surface area (Å²) >= 11 is 0. The second kappa shape index (κ2) is 9.33. The molecule has 0 aliphatic rings. The molecule has 0 saturated heterocycles. The molecule has 26 heavy (non-hydrogen) atoms. The van der Waals surface area contributed by atoms with E-state index < -0.39 is 5.97 Å². The van der Waals surface area contributed by atoms with Crippen LogP contribution >= 0.6 is 0 Å². The molecule has 0 N–H and O–H groups in total. The monoisotopic (exact) mass is 347 g/mol. The fourth-order valence-electron chi connectivity index (χ4n) is 2.51. The Kier molecular flexibility index (Phi) is 6.87. The van der Waals surface area contributed by atoms with Gasteiger partial charge in [0.1, 0.15) is 0 Å². The lowest BCUT2D eigenvalue weighted by molar-refractivity contribution is -0.136. The predicted molar refractivity (Wildman–Crippen MR) is 101 cm³/mol. The van der Waals surface area contributed by atoms with Crippen LogP contribution in [0.2, 0.25) is 0 Å². The number of Topliss-reactive ketones (excluding diaryl/α,β-unsaturated/α-hetero) is 1. The lowest BCUT2D eigenvalue weighted by Gasteiger charge is -2.09. The number of nitriles is 1. The summed E-state index contributed by atoms with van der Waals surface area (Å²) in [6.07, 6.45) is 4.45. The van der Waals surface area contributed by atoms with Crippen LogP contribution in [0.1, 0.15) is 46.5 Å². The lowest BCUT2D eigenvalue weighted by Crippen LogP contribution is -2.14. The Morgan fingerprint density at radius 3 is 2.42 bits per heavy atom. The Morgan fingerprint density at radius 2 is 1.81 bits per heavy atom. The number of esters is 1. The van der Waals surface area contributed by atoms with Gasteiger partial charge in [-0.2, -0.15) is 5.26 Å². The van der Waals surface area contributed by atoms with Crippen LogP contribution in [0, 0.1) is 11.3 Å². The summed E-state index contributed by atoms with van der Waals surface area (Å²) in [7, 11) is 0. The van der Waals surface area contributed by atoms with Crippen molar-refractivity contribution in [1.29, 1.82) is 5.26 Å². The molecule has 0 saturated carbocycles. The summed E-state index contributed by atoms with van der Waals surface area (Å²) in [6.45, 7) is 3.74. The average molecular weight is 347 g/mol. The molecule has 0 spiro atoms. The van der Waals surface area contributed by atoms with Crippen LogP contribution in [0.3, 0.4) is 0 Å². The summed E-state index contributed by atoms with van der Waals surface area (Å²) in [4.78, 5) is 24.2. The summed E-state index contributed by atoms with van der Waals surface area (Å²) in [5.41, 5.74) is 3.98. The van der Waals surface area contributed by atoms with E-state index in [2.05, 4.69) is 0 Å². The number of hydrogen-bond acceptors (Lipinski definition) is 4. The molecule has 0 aliphatic heterocycles. The maximum absolute atomic E-state index is 12.4. The molecule has 0 aromatic heterocycles. The molecule has 0 unspecified atom stereocenters. The number of rotatable bonds is 7. The van der Waals surface area contributed by atoms with Crippen molar-refractivity contribution < 1.29 is 14.3 Å². The van der Waals surface area contributed by atoms with E-state index in [1.807, 2.05) is 38.1 Å². The number of aryl methyl sites for hydroxylation is 2. The van der Waals surface area contributed by atoms with Crippen LogP contribution in [0.25, 0.3) is 6.08 Å². The number of benzene rings is 2. The number of ether oxygens (including phenoxy) is 1. The third-order valence-corrected chi connectivity index (χ3v) is 4.06. The van der Waals surface area contributed by atoms with Crippen molar-refractivity contribution in [2.24, 2.45) is 0 Å². The van der Waals surface area contributed by atoms with Crippen molar-refractivity contribution in [3.63, 3.8) is 0 Å². The summed E-state index contributed by atoms with van der Waals surface area (Å²) in [5, 5.41) is 8.76. The molecule has 2 aromatic rings. The van der Waals surface area contributed by atoms with Crippen molar-refractivity contribution in [2.75, 3.05) is 6.61 Å². The summed E-state index contributed by atoms with van der Waals surface area (Å²) in [6, 6.07) is 14.7. The van der Waals surface area contributed by atoms with Gasteiger partial charge in [-0.15, -0.1) is 0 Å². The van der Waals surface area contributed by atoms with E-state index in [9.17, 15) is 9.59 Å². The van der Waals surface area contributed by atoms with Gasteiger partial charge in [0.15, 0.2) is 6.61 Å². The number of carbonyl (C=O) groups is 2. The second-order valence-electron chi connectivity index (χ2n) is 5.80. The zero-order valence-electron chi connectivity index (χ0n) is 15.0. The number of ketones is 1. The van der Waals surface area contributed by atoms with E-state index in [0.717, 1.165) is 29.5 Å². The van der Waals surface area contributed by atoms with Crippen LogP contribution in [0.5, 0.6) is 0 Å². The topological polar surface area (TPSA) is 67.2 Å². The Balaban J connectivity index is 1.97. The fourth-order valence-corrected chi connectivity index (χ4v) is 2.51. The zero-order valence-corrected chi connectivity index (χ0v) is 15.0. The molecule has 0 radical (unpaired) electrons. The molecule has 2 aromatic carbocycles. The molecule has 4 heteroatoms. The highest BCUT2D eigenvalue weighted by molar-refractivity contribution is 6.00. The quantitative estimate of drug-likeness (QED) is 0.429. The van der Waals surface area contributed by atoms with Gasteiger partial charge in [-0.25, -0.2) is 4.79 Å². The smallest absolute Gasteiger partial charge is 0.331 e. The fraction of sp³-hybridized carbons (Fsp3) is 0.227. The predicted octanol–water partition coefficient (Wildman–Crippen LogP) is 4.12. The van der Waals surface area contributed by atoms with Crippen molar-refractivity contribution in [3.8, 4) is 6.07 Å². The largest absolute Gasteiger partial charge is 0.454 e. The standard InChI is InChI=1S/C22H21NO3/c1-3-16-9-11-19(4-2)20(13-16)21(24)15-26-22(25)12-10-17-5-7-18(14-23)8-6-17/h5-13H,3-4,15H2,1-2H3/b12-10+. The van der Waals surface area contributed by atoms with Gasteiger partial charge in [-0.05, 0) is 53.8 Å². The minimum absolute atomic E-state index is 0.197. The second-order valence-corrected chi connectivity index (χ2v) is 5.80. The third-order valence-electron chi connectivity index (χ3n) is 4.06. The lowest BCUT2D eigenvalue weighted by atomic mass is 9.98. The average Bonchev–Trinajstić information content (AvgIpc) is 2.70. The first-order valence-corrected chi connectivity index (χ1v) is 8.57. The van der Waals surface area contributed by atoms with Crippen molar-refractivity contribution >= 4 is 17.8 Å². The maximum atomic E-state index is 12.4. The van der Waals surface area contributed by atoms with Gasteiger partial charge in [0.25, 0.3) is 0 Å². The molecule has 0 bridgehead atoms. The first-order chi connectivity index (χ1) is 12.6. The first kappa shape index (κ1) is 19.1. The van der Waals surface area contributed by atoms with Crippen molar-refractivity contribution in [1.82, 2.24) is 0 Å². The molecule has 2 rings (SSSR count). The molecule has 0 atom stereocenters. The van der Waals surface area contributed by atoms with Gasteiger partial charge < -0.3 is 4.74 Å². The molecular formula is C22H21NO3. The normalized spacial score (nSPS) is 10.5. The van der Waals surface area contributed by atoms with Gasteiger partial charge >= 0.3 is 5.97 Å². The summed E-state index contributed by atoms with van der Waals surface area (Å²) in [5.74, 6) is -0.773. The van der Waals surface area contributed by atoms with Crippen LogP contribution < -0.4 is 0 Å². The highest BCUT2D eigenvalue weighted by Crippen LogP contribution is 2.15. The third kappa shape index (κ3) is 5.15. The highest BCUT2D eigenvalue weighted by Gasteiger charge is 2.13. The number of nitrogens with zero attached hydrogens (tertiary/aromatic N) is 1. The van der Waals surface area contributed by atoms with E-state index in [1.54, 1.807) is 30.3 Å². The molecule has 0 heterocycles. The van der Waals surface area contributed by atoms with E-state index in [0.29, 0.717) is 11.1 Å². The van der Waals surface area contributed by atoms with Crippen molar-refractivity contribution in [3.05, 3.63) is 76.4 Å². The van der Waals surface area contributed by atoms with Gasteiger partial charge in [0.05, 0.1) is 11.6 Å². The van der Waals surface area contributed by atoms with E-state index in [-0.39, 0.29) is 12.4 Å². The minimum atomic E-state index is -0.576. The first-order valence-electron chi connectivity index (χ1n) is 8.57. The van der Waals surface area contributed by atoms with Crippen molar-refractivity contribution in [2.45, 2.75) is 26.7 Å². The van der Waals surface area contributed by atoms with E-state index >= 15 is 0 Å². The van der Waals surface area contributed by atoms with Crippen LogP contribution in [-0.2, 0) is 22.4 Å². The van der Waals surface area contributed by atoms with E-state index in [1.165, 1.54) is 6.08 Å². The van der Waals surface area contributed by atoms with Crippen LogP contribution in [0.15, 0.2) is 48.5 Å². The van der Waals surface area contributed by atoms with Gasteiger partial charge in [-0.3, -0.25) is 4.79 Å². The Labute approximate surface area is 153 Å². The molecular weight excluding hydrogens is 326 g/mol. The van der Waals surface area contributed by atoms with Gasteiger partial charge in [0.2, 0.25) is 5.78 Å². The Morgan fingerprint density at radius 1 is 1.08 bits per heavy atom. The number of carbonyl (C=O) groups excluding carboxylic acids is 2. The summed E-state index contributed by atoms with van der Waals surface area (Å²) < 4.78 is 5.07. The van der Waals surface area contributed by atoms with Crippen LogP contribution in [0.4, 0.5) is 0 Å². The molecule has 0 amide bonds. The SMILES string of the molecule is CCc1ccc(CC)c(C(=O)COC(=O)/C=C/c2ccc(C#N)cc2)c1. The molecule has 132 valence electrons. The van der Waals surface area contributed by atoms with Gasteiger partial charge in [0, 0.05) is 11.6 Å². The number of hydrogen-bond donors (Lipinski definition) is 0. The highest BCUT2D eigenvalue weighted by atomic mass is 16.5. The van der Waals surface area contributed by atoms with E-state index in [4.69, 9.17) is 10.00 Å². The zero-order chi connectivity index (χ0) is 18.9. The maximum Gasteiger partial charge on any atom is 0.331 e. The molecule has 0 aliphatic carbocycles.